The van der Waals surface area contributed by atoms with Crippen molar-refractivity contribution in [1.29, 1.82) is 0 Å². The molecule has 0 bridgehead atoms. The molecule has 0 aliphatic heterocycles. The molecule has 0 unspecified atom stereocenters. The van der Waals surface area contributed by atoms with Crippen LogP contribution in [0.5, 0.6) is 0 Å². The lowest BCUT2D eigenvalue weighted by molar-refractivity contribution is 0.160. The van der Waals surface area contributed by atoms with Gasteiger partial charge in [0.15, 0.2) is 0 Å². The predicted octanol–water partition coefficient (Wildman–Crippen LogP) is 4.18. The highest BCUT2D eigenvalue weighted by Gasteiger charge is 2.17. The van der Waals surface area contributed by atoms with Gasteiger partial charge in [-0.2, -0.15) is 0 Å². The highest BCUT2D eigenvalue weighted by atomic mass is 35.5. The molecule has 0 radical (unpaired) electrons. The van der Waals surface area contributed by atoms with E-state index < -0.39 is 6.10 Å². The molecule has 4 heteroatoms. The number of imidazole rings is 1. The number of benzene rings is 2. The number of aromatic nitrogens is 2. The maximum Gasteiger partial charge on any atom is 0.139 e. The van der Waals surface area contributed by atoms with Crippen LogP contribution in [-0.4, -0.2) is 14.7 Å². The molecule has 1 N–H and O–H groups in total. The number of fused-ring (bicyclic) bond motifs is 1. The Balaban J connectivity index is 2.13. The van der Waals surface area contributed by atoms with E-state index in [1.54, 1.807) is 0 Å². The fourth-order valence-electron chi connectivity index (χ4n) is 2.49. The molecule has 0 amide bonds. The number of aliphatic hydroxyl groups is 1. The summed E-state index contributed by atoms with van der Waals surface area (Å²) in [6.07, 6.45) is 0.0612. The Morgan fingerprint density at radius 1 is 1.14 bits per heavy atom. The molecule has 2 aromatic carbocycles. The molecule has 0 spiro atoms. The molecular weight excluding hydrogens is 284 g/mol. The second-order valence-corrected chi connectivity index (χ2v) is 5.47. The minimum absolute atomic E-state index is 0.570. The Kier molecular flexibility index (Phi) is 3.95. The van der Waals surface area contributed by atoms with Gasteiger partial charge in [0.25, 0.3) is 0 Å². The van der Waals surface area contributed by atoms with Crippen molar-refractivity contribution in [2.24, 2.45) is 0 Å². The van der Waals surface area contributed by atoms with Gasteiger partial charge >= 0.3 is 0 Å². The zero-order valence-corrected chi connectivity index (χ0v) is 12.6. The second-order valence-electron chi connectivity index (χ2n) is 5.06. The van der Waals surface area contributed by atoms with E-state index in [9.17, 15) is 5.11 Å². The maximum absolute atomic E-state index is 10.2. The molecule has 3 nitrogen and oxygen atoms in total. The second kappa shape index (κ2) is 5.88. The average molecular weight is 301 g/mol. The van der Waals surface area contributed by atoms with Crippen LogP contribution in [0.25, 0.3) is 11.0 Å². The lowest BCUT2D eigenvalue weighted by Gasteiger charge is -2.13. The summed E-state index contributed by atoms with van der Waals surface area (Å²) in [6.45, 7) is 2.55. The van der Waals surface area contributed by atoms with E-state index in [1.165, 1.54) is 0 Å². The topological polar surface area (TPSA) is 38.1 Å². The summed E-state index contributed by atoms with van der Waals surface area (Å²) in [5, 5.41) is 11.0. The van der Waals surface area contributed by atoms with Gasteiger partial charge in [-0.1, -0.05) is 48.9 Å². The molecule has 1 aromatic heterocycles. The van der Waals surface area contributed by atoms with E-state index in [-0.39, 0.29) is 0 Å². The average Bonchev–Trinajstić information content (AvgIpc) is 2.88. The molecule has 1 heterocycles. The third-order valence-corrected chi connectivity index (χ3v) is 4.02. The summed E-state index contributed by atoms with van der Waals surface area (Å²) < 4.78 is 2.05. The van der Waals surface area contributed by atoms with Crippen molar-refractivity contribution in [2.75, 3.05) is 0 Å². The van der Waals surface area contributed by atoms with E-state index in [0.717, 1.165) is 21.6 Å². The van der Waals surface area contributed by atoms with Gasteiger partial charge in [-0.05, 0) is 30.2 Å². The third-order valence-electron chi connectivity index (χ3n) is 3.66. The van der Waals surface area contributed by atoms with Gasteiger partial charge in [0.2, 0.25) is 0 Å². The molecule has 3 rings (SSSR count). The number of nitrogens with zero attached hydrogens (tertiary/aromatic N) is 2. The number of para-hydroxylation sites is 2. The first-order valence-corrected chi connectivity index (χ1v) is 7.45. The van der Waals surface area contributed by atoms with Gasteiger partial charge in [-0.25, -0.2) is 4.98 Å². The highest BCUT2D eigenvalue weighted by Crippen LogP contribution is 2.25. The van der Waals surface area contributed by atoms with E-state index in [2.05, 4.69) is 4.98 Å². The van der Waals surface area contributed by atoms with Crippen LogP contribution in [-0.2, 0) is 6.54 Å². The molecule has 0 aliphatic rings. The number of rotatable bonds is 4. The van der Waals surface area contributed by atoms with Gasteiger partial charge in [0.1, 0.15) is 11.9 Å². The smallest absolute Gasteiger partial charge is 0.139 e. The molecule has 0 saturated carbocycles. The van der Waals surface area contributed by atoms with E-state index >= 15 is 0 Å². The van der Waals surface area contributed by atoms with Crippen molar-refractivity contribution in [3.8, 4) is 0 Å². The Labute approximate surface area is 128 Å². The van der Waals surface area contributed by atoms with Crippen molar-refractivity contribution < 1.29 is 5.11 Å². The van der Waals surface area contributed by atoms with Crippen LogP contribution in [0, 0.1) is 0 Å². The lowest BCUT2D eigenvalue weighted by atomic mass is 10.2. The van der Waals surface area contributed by atoms with Crippen LogP contribution in [0.15, 0.2) is 48.5 Å². The minimum Gasteiger partial charge on any atom is -0.385 e. The fraction of sp³-hybridized carbons (Fsp3) is 0.235. The summed E-state index contributed by atoms with van der Waals surface area (Å²) in [7, 11) is 0. The van der Waals surface area contributed by atoms with Crippen molar-refractivity contribution in [3.63, 3.8) is 0 Å². The third kappa shape index (κ3) is 2.67. The van der Waals surface area contributed by atoms with Crippen LogP contribution in [0.1, 0.15) is 30.8 Å². The van der Waals surface area contributed by atoms with Crippen LogP contribution < -0.4 is 0 Å². The first-order chi connectivity index (χ1) is 10.2. The van der Waals surface area contributed by atoms with Gasteiger partial charge in [0.05, 0.1) is 17.6 Å². The van der Waals surface area contributed by atoms with Crippen molar-refractivity contribution in [1.82, 2.24) is 9.55 Å². The molecule has 108 valence electrons. The molecular formula is C17H17ClN2O. The maximum atomic E-state index is 10.2. The first-order valence-electron chi connectivity index (χ1n) is 7.07. The summed E-state index contributed by atoms with van der Waals surface area (Å²) in [5.41, 5.74) is 2.93. The number of hydrogen-bond donors (Lipinski definition) is 1. The van der Waals surface area contributed by atoms with Crippen molar-refractivity contribution in [2.45, 2.75) is 26.0 Å². The Morgan fingerprint density at radius 2 is 1.86 bits per heavy atom. The summed E-state index contributed by atoms with van der Waals surface area (Å²) in [5.74, 6) is 0.693. The van der Waals surface area contributed by atoms with Crippen LogP contribution >= 0.6 is 11.6 Å². The minimum atomic E-state index is -0.570. The van der Waals surface area contributed by atoms with Crippen LogP contribution in [0.3, 0.4) is 0 Å². The number of hydrogen-bond acceptors (Lipinski definition) is 2. The van der Waals surface area contributed by atoms with E-state index in [0.29, 0.717) is 18.8 Å². The van der Waals surface area contributed by atoms with Gasteiger partial charge in [0, 0.05) is 5.02 Å². The van der Waals surface area contributed by atoms with Gasteiger partial charge in [-0.3, -0.25) is 0 Å². The Hall–Kier alpha value is -1.84. The summed E-state index contributed by atoms with van der Waals surface area (Å²) >= 11 is 6.26. The predicted molar refractivity (Wildman–Crippen MR) is 85.5 cm³/mol. The normalized spacial score (nSPS) is 12.7. The van der Waals surface area contributed by atoms with Crippen molar-refractivity contribution >= 4 is 22.6 Å². The molecule has 21 heavy (non-hydrogen) atoms. The van der Waals surface area contributed by atoms with Gasteiger partial charge in [-0.15, -0.1) is 0 Å². The standard InChI is InChI=1S/C17H17ClN2O/c1-2-16(21)17-19-14-9-5-6-10-15(14)20(17)11-12-7-3-4-8-13(12)18/h3-10,16,21H,2,11H2,1H3/t16-/m1/s1. The largest absolute Gasteiger partial charge is 0.385 e. The highest BCUT2D eigenvalue weighted by molar-refractivity contribution is 6.31. The van der Waals surface area contributed by atoms with Crippen LogP contribution in [0.4, 0.5) is 0 Å². The molecule has 0 fully saturated rings. The fourth-order valence-corrected chi connectivity index (χ4v) is 2.69. The molecule has 1 atom stereocenters. The monoisotopic (exact) mass is 300 g/mol. The Bertz CT molecular complexity index is 766. The quantitative estimate of drug-likeness (QED) is 0.785. The Morgan fingerprint density at radius 3 is 2.62 bits per heavy atom. The van der Waals surface area contributed by atoms with Crippen molar-refractivity contribution in [3.05, 3.63) is 64.9 Å². The van der Waals surface area contributed by atoms with Crippen LogP contribution in [0.2, 0.25) is 5.02 Å². The van der Waals surface area contributed by atoms with E-state index in [4.69, 9.17) is 11.6 Å². The molecule has 3 aromatic rings. The molecule has 0 aliphatic carbocycles. The summed E-state index contributed by atoms with van der Waals surface area (Å²) in [4.78, 5) is 4.58. The lowest BCUT2D eigenvalue weighted by Crippen LogP contribution is -2.09. The zero-order chi connectivity index (χ0) is 14.8. The molecule has 0 saturated heterocycles. The number of aliphatic hydroxyl groups excluding tert-OH is 1. The first kappa shape index (κ1) is 14.1. The SMILES string of the molecule is CC[C@@H](O)c1nc2ccccc2n1Cc1ccccc1Cl. The van der Waals surface area contributed by atoms with E-state index in [1.807, 2.05) is 60.0 Å². The number of halogens is 1. The zero-order valence-electron chi connectivity index (χ0n) is 11.8. The van der Waals surface area contributed by atoms with Gasteiger partial charge < -0.3 is 9.67 Å². The summed E-state index contributed by atoms with van der Waals surface area (Å²) in [6, 6.07) is 15.7.